The second kappa shape index (κ2) is 5.53. The van der Waals surface area contributed by atoms with Crippen LogP contribution in [0.5, 0.6) is 11.6 Å². The molecule has 1 aromatic carbocycles. The highest BCUT2D eigenvalue weighted by Gasteiger charge is 2.35. The predicted octanol–water partition coefficient (Wildman–Crippen LogP) is 4.84. The third-order valence-corrected chi connectivity index (χ3v) is 2.63. The van der Waals surface area contributed by atoms with Gasteiger partial charge in [-0.3, -0.25) is 0 Å². The fraction of sp³-hybridized carbons (Fsp3) is 0.0909. The molecule has 1 heterocycles. The van der Waals surface area contributed by atoms with E-state index in [0.717, 1.165) is 12.1 Å². The zero-order chi connectivity index (χ0) is 14.9. The van der Waals surface area contributed by atoms with Gasteiger partial charge in [-0.2, -0.15) is 18.2 Å². The lowest BCUT2D eigenvalue weighted by Gasteiger charge is -2.09. The Morgan fingerprint density at radius 3 is 2.40 bits per heavy atom. The number of benzene rings is 1. The number of halogens is 6. The van der Waals surface area contributed by atoms with Gasteiger partial charge in [0, 0.05) is 16.6 Å². The lowest BCUT2D eigenvalue weighted by Crippen LogP contribution is -2.11. The molecule has 2 aromatic rings. The molecule has 0 saturated carbocycles. The smallest absolute Gasteiger partial charge is 0.439 e. The van der Waals surface area contributed by atoms with Crippen molar-refractivity contribution in [2.24, 2.45) is 0 Å². The number of ether oxygens (including phenoxy) is 1. The molecule has 106 valence electrons. The van der Waals surface area contributed by atoms with E-state index in [2.05, 4.69) is 25.9 Å². The van der Waals surface area contributed by atoms with Gasteiger partial charge in [0.25, 0.3) is 0 Å². The number of alkyl halides is 3. The summed E-state index contributed by atoms with van der Waals surface area (Å²) < 4.78 is 56.1. The highest BCUT2D eigenvalue weighted by molar-refractivity contribution is 9.10. The van der Waals surface area contributed by atoms with Crippen molar-refractivity contribution in [3.8, 4) is 11.6 Å². The van der Waals surface area contributed by atoms with Gasteiger partial charge in [0.05, 0.1) is 0 Å². The van der Waals surface area contributed by atoms with Gasteiger partial charge in [0.15, 0.2) is 0 Å². The largest absolute Gasteiger partial charge is 0.451 e. The van der Waals surface area contributed by atoms with Gasteiger partial charge in [0.2, 0.25) is 11.7 Å². The fourth-order valence-electron chi connectivity index (χ4n) is 1.28. The Labute approximate surface area is 123 Å². The van der Waals surface area contributed by atoms with E-state index < -0.39 is 28.9 Å². The average molecular weight is 372 g/mol. The molecule has 0 unspecified atom stereocenters. The molecule has 9 heteroatoms. The van der Waals surface area contributed by atoms with Crippen LogP contribution in [-0.4, -0.2) is 9.97 Å². The van der Waals surface area contributed by atoms with Crippen LogP contribution in [0.25, 0.3) is 0 Å². The molecule has 0 atom stereocenters. The summed E-state index contributed by atoms with van der Waals surface area (Å²) in [6.45, 7) is 0. The molecule has 0 fully saturated rings. The third-order valence-electron chi connectivity index (χ3n) is 1.98. The summed E-state index contributed by atoms with van der Waals surface area (Å²) in [5, 5.41) is -0.433. The molecular formula is C11H4BrClF4N2O. The Morgan fingerprint density at radius 2 is 1.80 bits per heavy atom. The van der Waals surface area contributed by atoms with Crippen molar-refractivity contribution in [1.82, 2.24) is 9.97 Å². The Hall–Kier alpha value is -1.41. The summed E-state index contributed by atoms with van der Waals surface area (Å²) in [6, 6.07) is 4.52. The molecule has 0 radical (unpaired) electrons. The van der Waals surface area contributed by atoms with Crippen LogP contribution in [0.1, 0.15) is 5.82 Å². The van der Waals surface area contributed by atoms with Crippen molar-refractivity contribution in [2.45, 2.75) is 6.18 Å². The normalized spacial score (nSPS) is 11.5. The average Bonchev–Trinajstić information content (AvgIpc) is 2.25. The lowest BCUT2D eigenvalue weighted by atomic mass is 10.3. The highest BCUT2D eigenvalue weighted by Crippen LogP contribution is 2.31. The van der Waals surface area contributed by atoms with Gasteiger partial charge < -0.3 is 4.74 Å². The molecular weight excluding hydrogens is 367 g/mol. The summed E-state index contributed by atoms with van der Waals surface area (Å²) in [6.07, 6.45) is -4.76. The Balaban J connectivity index is 2.36. The standard InChI is InChI=1S/C11H4BrClF4N2O/c12-5-1-6(14)3-7(2-5)20-9-4-8(13)18-10(19-9)11(15,16)17/h1-4H. The minimum absolute atomic E-state index is 0.0280. The second-order valence-corrected chi connectivity index (χ2v) is 4.86. The Morgan fingerprint density at radius 1 is 1.10 bits per heavy atom. The van der Waals surface area contributed by atoms with Gasteiger partial charge in [0.1, 0.15) is 16.7 Å². The molecule has 0 saturated heterocycles. The first kappa shape index (κ1) is 15.0. The maximum Gasteiger partial charge on any atom is 0.451 e. The summed E-state index contributed by atoms with van der Waals surface area (Å²) in [7, 11) is 0. The zero-order valence-corrected chi connectivity index (χ0v) is 11.7. The van der Waals surface area contributed by atoms with Crippen LogP contribution in [0.3, 0.4) is 0 Å². The van der Waals surface area contributed by atoms with Gasteiger partial charge in [-0.15, -0.1) is 0 Å². The van der Waals surface area contributed by atoms with E-state index >= 15 is 0 Å². The van der Waals surface area contributed by atoms with Gasteiger partial charge >= 0.3 is 6.18 Å². The summed E-state index contributed by atoms with van der Waals surface area (Å²) >= 11 is 8.50. The molecule has 0 aliphatic carbocycles. The van der Waals surface area contributed by atoms with E-state index in [1.807, 2.05) is 0 Å². The van der Waals surface area contributed by atoms with Crippen molar-refractivity contribution >= 4 is 27.5 Å². The molecule has 0 aliphatic heterocycles. The first-order valence-corrected chi connectivity index (χ1v) is 6.17. The van der Waals surface area contributed by atoms with Crippen molar-refractivity contribution in [3.05, 3.63) is 45.5 Å². The molecule has 0 aliphatic rings. The van der Waals surface area contributed by atoms with E-state index in [0.29, 0.717) is 4.47 Å². The van der Waals surface area contributed by atoms with E-state index in [1.165, 1.54) is 12.1 Å². The highest BCUT2D eigenvalue weighted by atomic mass is 79.9. The SMILES string of the molecule is Fc1cc(Br)cc(Oc2cc(Cl)nc(C(F)(F)F)n2)c1. The minimum atomic E-state index is -4.76. The Bertz CT molecular complexity index is 631. The molecule has 1 aromatic heterocycles. The molecule has 0 N–H and O–H groups in total. The number of aromatic nitrogens is 2. The van der Waals surface area contributed by atoms with E-state index in [1.54, 1.807) is 0 Å². The van der Waals surface area contributed by atoms with Gasteiger partial charge in [-0.25, -0.2) is 9.37 Å². The summed E-state index contributed by atoms with van der Waals surface area (Å²) in [5.74, 6) is -2.52. The maximum absolute atomic E-state index is 13.1. The van der Waals surface area contributed by atoms with Gasteiger partial charge in [-0.05, 0) is 12.1 Å². The zero-order valence-electron chi connectivity index (χ0n) is 9.38. The van der Waals surface area contributed by atoms with E-state index in [4.69, 9.17) is 16.3 Å². The quantitative estimate of drug-likeness (QED) is 0.559. The van der Waals surface area contributed by atoms with Crippen molar-refractivity contribution in [1.29, 1.82) is 0 Å². The summed E-state index contributed by atoms with van der Waals surface area (Å²) in [5.41, 5.74) is 0. The van der Waals surface area contributed by atoms with Gasteiger partial charge in [-0.1, -0.05) is 27.5 Å². The number of hydrogen-bond acceptors (Lipinski definition) is 3. The number of hydrogen-bond donors (Lipinski definition) is 0. The molecule has 0 amide bonds. The number of nitrogens with zero attached hydrogens (tertiary/aromatic N) is 2. The first-order chi connectivity index (χ1) is 9.24. The van der Waals surface area contributed by atoms with Crippen LogP contribution in [0, 0.1) is 5.82 Å². The topological polar surface area (TPSA) is 35.0 Å². The van der Waals surface area contributed by atoms with Crippen LogP contribution in [0.15, 0.2) is 28.7 Å². The second-order valence-electron chi connectivity index (χ2n) is 3.56. The van der Waals surface area contributed by atoms with Crippen LogP contribution in [-0.2, 0) is 6.18 Å². The summed E-state index contributed by atoms with van der Waals surface area (Å²) in [4.78, 5) is 6.23. The van der Waals surface area contributed by atoms with Crippen LogP contribution in [0.2, 0.25) is 5.15 Å². The molecule has 0 bridgehead atoms. The van der Waals surface area contributed by atoms with Crippen molar-refractivity contribution in [3.63, 3.8) is 0 Å². The Kier molecular flexibility index (Phi) is 4.14. The minimum Gasteiger partial charge on any atom is -0.439 e. The molecule has 0 spiro atoms. The molecule has 20 heavy (non-hydrogen) atoms. The lowest BCUT2D eigenvalue weighted by molar-refractivity contribution is -0.145. The third kappa shape index (κ3) is 3.80. The van der Waals surface area contributed by atoms with E-state index in [9.17, 15) is 17.6 Å². The van der Waals surface area contributed by atoms with Crippen molar-refractivity contribution < 1.29 is 22.3 Å². The monoisotopic (exact) mass is 370 g/mol. The molecule has 2 rings (SSSR count). The maximum atomic E-state index is 13.1. The fourth-order valence-corrected chi connectivity index (χ4v) is 1.90. The van der Waals surface area contributed by atoms with Crippen LogP contribution >= 0.6 is 27.5 Å². The van der Waals surface area contributed by atoms with Crippen molar-refractivity contribution in [2.75, 3.05) is 0 Å². The first-order valence-electron chi connectivity index (χ1n) is 5.00. The predicted molar refractivity (Wildman–Crippen MR) is 66.2 cm³/mol. The van der Waals surface area contributed by atoms with Crippen LogP contribution < -0.4 is 4.74 Å². The number of rotatable bonds is 2. The van der Waals surface area contributed by atoms with Crippen LogP contribution in [0.4, 0.5) is 17.6 Å². The van der Waals surface area contributed by atoms with E-state index in [-0.39, 0.29) is 5.75 Å². The molecule has 3 nitrogen and oxygen atoms in total.